The van der Waals surface area contributed by atoms with Crippen molar-refractivity contribution in [2.24, 2.45) is 5.73 Å². The Bertz CT molecular complexity index is 1030. The zero-order chi connectivity index (χ0) is 21.0. The molecule has 0 aliphatic carbocycles. The number of pyridine rings is 1. The highest BCUT2D eigenvalue weighted by Crippen LogP contribution is 2.37. The number of nitrogens with one attached hydrogen (secondary N) is 2. The first-order valence-corrected chi connectivity index (χ1v) is 8.94. The zero-order valence-electron chi connectivity index (χ0n) is 15.8. The van der Waals surface area contributed by atoms with Crippen LogP contribution in [0.25, 0.3) is 17.0 Å². The van der Waals surface area contributed by atoms with E-state index in [0.29, 0.717) is 17.2 Å². The largest absolute Gasteiger partial charge is 0.417 e. The quantitative estimate of drug-likeness (QED) is 0.481. The van der Waals surface area contributed by atoms with Gasteiger partial charge in [0.1, 0.15) is 5.82 Å². The number of hydrogen-bond acceptors (Lipinski definition) is 4. The molecular formula is C22H21F3N4. The third-order valence-electron chi connectivity index (χ3n) is 4.39. The number of hydrogen-bond donors (Lipinski definition) is 3. The molecule has 0 saturated carbocycles. The molecule has 0 aliphatic heterocycles. The third kappa shape index (κ3) is 4.75. The number of nitrogens with zero attached hydrogens (tertiary/aromatic N) is 1. The highest BCUT2D eigenvalue weighted by atomic mass is 19.4. The van der Waals surface area contributed by atoms with E-state index in [9.17, 15) is 13.2 Å². The molecule has 3 rings (SSSR count). The fourth-order valence-electron chi connectivity index (χ4n) is 3.04. The average Bonchev–Trinajstić information content (AvgIpc) is 2.67. The maximum atomic E-state index is 13.5. The SMILES string of the molecule is C=C(Nc1cc(NCN)cc(-c2ccccc2C(F)(F)F)n1)c1ccccc1C. The molecule has 4 nitrogen and oxygen atoms in total. The number of benzene rings is 2. The number of alkyl halides is 3. The molecule has 7 heteroatoms. The maximum Gasteiger partial charge on any atom is 0.417 e. The van der Waals surface area contributed by atoms with E-state index >= 15 is 0 Å². The Morgan fingerprint density at radius 3 is 2.45 bits per heavy atom. The van der Waals surface area contributed by atoms with Crippen molar-refractivity contribution < 1.29 is 13.2 Å². The second-order valence-electron chi connectivity index (χ2n) is 6.47. The van der Waals surface area contributed by atoms with Gasteiger partial charge in [-0.05, 0) is 24.6 Å². The van der Waals surface area contributed by atoms with Gasteiger partial charge < -0.3 is 16.4 Å². The lowest BCUT2D eigenvalue weighted by molar-refractivity contribution is -0.137. The fourth-order valence-corrected chi connectivity index (χ4v) is 3.04. The maximum absolute atomic E-state index is 13.5. The summed E-state index contributed by atoms with van der Waals surface area (Å²) in [6.07, 6.45) is -4.49. The van der Waals surface area contributed by atoms with Crippen LogP contribution >= 0.6 is 0 Å². The number of rotatable bonds is 6. The summed E-state index contributed by atoms with van der Waals surface area (Å²) in [7, 11) is 0. The van der Waals surface area contributed by atoms with Crippen LogP contribution < -0.4 is 16.4 Å². The van der Waals surface area contributed by atoms with Gasteiger partial charge in [-0.2, -0.15) is 13.2 Å². The minimum atomic E-state index is -4.49. The molecule has 1 aromatic heterocycles. The molecule has 0 atom stereocenters. The molecule has 0 radical (unpaired) electrons. The molecule has 29 heavy (non-hydrogen) atoms. The van der Waals surface area contributed by atoms with Crippen molar-refractivity contribution in [1.82, 2.24) is 4.98 Å². The first kappa shape index (κ1) is 20.4. The van der Waals surface area contributed by atoms with Crippen LogP contribution in [0, 0.1) is 6.92 Å². The lowest BCUT2D eigenvalue weighted by atomic mass is 10.0. The Kier molecular flexibility index (Phi) is 5.89. The van der Waals surface area contributed by atoms with Crippen LogP contribution in [0.1, 0.15) is 16.7 Å². The fraction of sp³-hybridized carbons (Fsp3) is 0.136. The van der Waals surface area contributed by atoms with Gasteiger partial charge in [0.05, 0.1) is 17.9 Å². The van der Waals surface area contributed by atoms with Gasteiger partial charge in [-0.25, -0.2) is 4.98 Å². The molecule has 150 valence electrons. The lowest BCUT2D eigenvalue weighted by Crippen LogP contribution is -2.12. The number of nitrogens with two attached hydrogens (primary N) is 1. The molecule has 1 heterocycles. The standard InChI is InChI=1S/C22H21F3N4/c1-14-7-3-4-8-17(14)15(2)28-21-12-16(27-13-26)11-20(29-21)18-9-5-6-10-19(18)22(23,24)25/h3-12H,2,13,26H2,1H3,(H2,27,28,29). The third-order valence-corrected chi connectivity index (χ3v) is 4.39. The van der Waals surface area contributed by atoms with E-state index in [1.165, 1.54) is 12.1 Å². The van der Waals surface area contributed by atoms with Crippen molar-refractivity contribution in [3.05, 3.63) is 83.9 Å². The molecule has 0 fully saturated rings. The Balaban J connectivity index is 2.04. The molecule has 0 saturated heterocycles. The van der Waals surface area contributed by atoms with E-state index in [1.807, 2.05) is 31.2 Å². The summed E-state index contributed by atoms with van der Waals surface area (Å²) in [5.74, 6) is 0.365. The zero-order valence-corrected chi connectivity index (χ0v) is 15.8. The molecule has 0 spiro atoms. The highest BCUT2D eigenvalue weighted by molar-refractivity contribution is 5.78. The van der Waals surface area contributed by atoms with Crippen molar-refractivity contribution in [2.75, 3.05) is 17.3 Å². The van der Waals surface area contributed by atoms with E-state index in [-0.39, 0.29) is 17.9 Å². The van der Waals surface area contributed by atoms with Gasteiger partial charge in [0.2, 0.25) is 0 Å². The predicted octanol–water partition coefficient (Wildman–Crippen LogP) is 5.49. The van der Waals surface area contributed by atoms with Crippen LogP contribution in [0.5, 0.6) is 0 Å². The van der Waals surface area contributed by atoms with Crippen LogP contribution in [-0.4, -0.2) is 11.7 Å². The Morgan fingerprint density at radius 2 is 1.76 bits per heavy atom. The summed E-state index contributed by atoms with van der Waals surface area (Å²) in [4.78, 5) is 4.40. The molecule has 2 aromatic carbocycles. The monoisotopic (exact) mass is 398 g/mol. The topological polar surface area (TPSA) is 63.0 Å². The first-order valence-electron chi connectivity index (χ1n) is 8.94. The summed E-state index contributed by atoms with van der Waals surface area (Å²) in [6.45, 7) is 6.12. The second kappa shape index (κ2) is 8.36. The van der Waals surface area contributed by atoms with E-state index in [0.717, 1.165) is 17.2 Å². The van der Waals surface area contributed by atoms with Gasteiger partial charge in [0, 0.05) is 28.6 Å². The molecule has 4 N–H and O–H groups in total. The van der Waals surface area contributed by atoms with Crippen molar-refractivity contribution in [1.29, 1.82) is 0 Å². The van der Waals surface area contributed by atoms with Gasteiger partial charge in [-0.1, -0.05) is 49.0 Å². The summed E-state index contributed by atoms with van der Waals surface area (Å²) in [5, 5.41) is 6.03. The normalized spacial score (nSPS) is 11.2. The number of aromatic nitrogens is 1. The van der Waals surface area contributed by atoms with Gasteiger partial charge >= 0.3 is 6.18 Å². The van der Waals surface area contributed by atoms with Crippen molar-refractivity contribution >= 4 is 17.2 Å². The Morgan fingerprint density at radius 1 is 1.07 bits per heavy atom. The second-order valence-corrected chi connectivity index (χ2v) is 6.47. The number of halogens is 3. The van der Waals surface area contributed by atoms with Crippen molar-refractivity contribution in [3.8, 4) is 11.3 Å². The number of anilines is 2. The Hall–Kier alpha value is -3.32. The molecule has 0 bridgehead atoms. The van der Waals surface area contributed by atoms with E-state index in [4.69, 9.17) is 5.73 Å². The number of aryl methyl sites for hydroxylation is 1. The van der Waals surface area contributed by atoms with Crippen LogP contribution in [0.3, 0.4) is 0 Å². The molecule has 0 unspecified atom stereocenters. The average molecular weight is 398 g/mol. The molecule has 0 amide bonds. The van der Waals surface area contributed by atoms with Gasteiger partial charge in [-0.3, -0.25) is 0 Å². The Labute approximate surface area is 167 Å². The highest BCUT2D eigenvalue weighted by Gasteiger charge is 2.33. The van der Waals surface area contributed by atoms with Gasteiger partial charge in [-0.15, -0.1) is 0 Å². The molecular weight excluding hydrogens is 377 g/mol. The smallest absolute Gasteiger partial charge is 0.373 e. The molecule has 3 aromatic rings. The summed E-state index contributed by atoms with van der Waals surface area (Å²) >= 11 is 0. The van der Waals surface area contributed by atoms with E-state index < -0.39 is 11.7 Å². The van der Waals surface area contributed by atoms with Crippen molar-refractivity contribution in [2.45, 2.75) is 13.1 Å². The van der Waals surface area contributed by atoms with E-state index in [2.05, 4.69) is 22.2 Å². The summed E-state index contributed by atoms with van der Waals surface area (Å²) in [5.41, 5.74) is 8.03. The lowest BCUT2D eigenvalue weighted by Gasteiger charge is -2.16. The van der Waals surface area contributed by atoms with Gasteiger partial charge in [0.15, 0.2) is 0 Å². The summed E-state index contributed by atoms with van der Waals surface area (Å²) < 4.78 is 40.4. The van der Waals surface area contributed by atoms with Crippen LogP contribution in [0.15, 0.2) is 67.2 Å². The van der Waals surface area contributed by atoms with Crippen molar-refractivity contribution in [3.63, 3.8) is 0 Å². The summed E-state index contributed by atoms with van der Waals surface area (Å²) in [6, 6.07) is 16.2. The van der Waals surface area contributed by atoms with Crippen LogP contribution in [-0.2, 0) is 6.18 Å². The minimum absolute atomic E-state index is 0.00905. The van der Waals surface area contributed by atoms with Crippen LogP contribution in [0.4, 0.5) is 24.7 Å². The predicted molar refractivity (Wildman–Crippen MR) is 111 cm³/mol. The van der Waals surface area contributed by atoms with Gasteiger partial charge in [0.25, 0.3) is 0 Å². The van der Waals surface area contributed by atoms with E-state index in [1.54, 1.807) is 18.2 Å². The van der Waals surface area contributed by atoms with Crippen LogP contribution in [0.2, 0.25) is 0 Å². The minimum Gasteiger partial charge on any atom is -0.373 e. The molecule has 0 aliphatic rings. The first-order chi connectivity index (χ1) is 13.8.